The van der Waals surface area contributed by atoms with Crippen molar-refractivity contribution in [3.63, 3.8) is 0 Å². The number of carbonyl (C=O) groups is 1. The smallest absolute Gasteiger partial charge is 0.292 e. The molecule has 0 radical (unpaired) electrons. The topological polar surface area (TPSA) is 78.7 Å². The van der Waals surface area contributed by atoms with E-state index < -0.39 is 0 Å². The van der Waals surface area contributed by atoms with Crippen LogP contribution in [0, 0.1) is 16.0 Å². The lowest BCUT2D eigenvalue weighted by Gasteiger charge is -2.33. The Kier molecular flexibility index (Phi) is 5.64. The van der Waals surface area contributed by atoms with E-state index >= 15 is 0 Å². The molecule has 2 aromatic rings. The van der Waals surface area contributed by atoms with Crippen molar-refractivity contribution in [2.24, 2.45) is 5.92 Å². The summed E-state index contributed by atoms with van der Waals surface area (Å²) in [5.41, 5.74) is 2.72. The maximum Gasteiger partial charge on any atom is 0.292 e. The summed E-state index contributed by atoms with van der Waals surface area (Å²) in [6.07, 6.45) is 3.74. The predicted molar refractivity (Wildman–Crippen MR) is 115 cm³/mol. The molecule has 7 heteroatoms. The third kappa shape index (κ3) is 4.18. The largest absolute Gasteiger partial charge is 0.370 e. The lowest BCUT2D eigenvalue weighted by atomic mass is 9.95. The molecular formula is C22H26N4O3. The van der Waals surface area contributed by atoms with Crippen molar-refractivity contribution >= 4 is 28.7 Å². The van der Waals surface area contributed by atoms with Crippen LogP contribution in [0.4, 0.5) is 22.7 Å². The summed E-state index contributed by atoms with van der Waals surface area (Å²) in [6.45, 7) is 3.33. The number of amides is 1. The van der Waals surface area contributed by atoms with Crippen LogP contribution in [0.5, 0.6) is 0 Å². The highest BCUT2D eigenvalue weighted by atomic mass is 16.6. The molecule has 2 aliphatic heterocycles. The molecule has 0 unspecified atom stereocenters. The number of nitro groups is 1. The van der Waals surface area contributed by atoms with Gasteiger partial charge in [-0.25, -0.2) is 0 Å². The fraction of sp³-hybridized carbons (Fsp3) is 0.409. The van der Waals surface area contributed by atoms with E-state index in [-0.39, 0.29) is 22.4 Å². The molecule has 4 rings (SSSR count). The minimum absolute atomic E-state index is 0.0406. The monoisotopic (exact) mass is 394 g/mol. The van der Waals surface area contributed by atoms with Crippen molar-refractivity contribution in [2.75, 3.05) is 41.3 Å². The number of nitro benzene ring substituents is 1. The van der Waals surface area contributed by atoms with Crippen molar-refractivity contribution in [3.05, 3.63) is 58.6 Å². The summed E-state index contributed by atoms with van der Waals surface area (Å²) in [6, 6.07) is 14.8. The first-order chi connectivity index (χ1) is 14.1. The van der Waals surface area contributed by atoms with Crippen molar-refractivity contribution in [1.82, 2.24) is 0 Å². The Hall–Kier alpha value is -3.09. The van der Waals surface area contributed by atoms with Crippen LogP contribution in [0.1, 0.15) is 25.7 Å². The van der Waals surface area contributed by atoms with Crippen LogP contribution in [0.25, 0.3) is 0 Å². The Labute approximate surface area is 170 Å². The molecule has 2 aromatic carbocycles. The van der Waals surface area contributed by atoms with Gasteiger partial charge < -0.3 is 15.1 Å². The number of para-hydroxylation sites is 4. The molecule has 2 heterocycles. The van der Waals surface area contributed by atoms with Crippen LogP contribution in [0.2, 0.25) is 0 Å². The maximum absolute atomic E-state index is 12.9. The summed E-state index contributed by atoms with van der Waals surface area (Å²) in [7, 11) is 0. The first-order valence-corrected chi connectivity index (χ1v) is 10.3. The maximum atomic E-state index is 12.9. The molecular weight excluding hydrogens is 368 g/mol. The van der Waals surface area contributed by atoms with Gasteiger partial charge in [-0.1, -0.05) is 24.3 Å². The van der Waals surface area contributed by atoms with Crippen molar-refractivity contribution in [3.8, 4) is 0 Å². The van der Waals surface area contributed by atoms with E-state index in [1.165, 1.54) is 18.9 Å². The Morgan fingerprint density at radius 3 is 2.17 bits per heavy atom. The highest BCUT2D eigenvalue weighted by Gasteiger charge is 2.28. The second-order valence-electron chi connectivity index (χ2n) is 7.71. The molecule has 0 aromatic heterocycles. The molecule has 1 amide bonds. The van der Waals surface area contributed by atoms with E-state index in [1.54, 1.807) is 12.1 Å². The molecule has 29 heavy (non-hydrogen) atoms. The fourth-order valence-corrected chi connectivity index (χ4v) is 4.32. The second-order valence-corrected chi connectivity index (χ2v) is 7.71. The van der Waals surface area contributed by atoms with Crippen molar-refractivity contribution < 1.29 is 9.72 Å². The molecule has 1 N–H and O–H groups in total. The Balaban J connectivity index is 1.40. The normalized spacial score (nSPS) is 17.4. The number of hydrogen-bond donors (Lipinski definition) is 1. The minimum atomic E-state index is -0.344. The number of piperidine rings is 1. The standard InChI is InChI=1S/C22H26N4O3/c27-22(23-18-7-1-2-8-19(18)24-13-5-6-14-24)17-11-15-25(16-12-17)20-9-3-4-10-21(20)26(28)29/h1-4,7-10,17H,5-6,11-16H2,(H,23,27). The third-order valence-electron chi connectivity index (χ3n) is 5.89. The number of anilines is 3. The van der Waals surface area contributed by atoms with Gasteiger partial charge in [-0.2, -0.15) is 0 Å². The van der Waals surface area contributed by atoms with E-state index in [1.807, 2.05) is 29.2 Å². The lowest BCUT2D eigenvalue weighted by molar-refractivity contribution is -0.384. The zero-order valence-corrected chi connectivity index (χ0v) is 16.4. The average molecular weight is 394 g/mol. The first kappa shape index (κ1) is 19.2. The summed E-state index contributed by atoms with van der Waals surface area (Å²) in [5.74, 6) is -0.0421. The molecule has 2 fully saturated rings. The Bertz CT molecular complexity index is 887. The number of benzene rings is 2. The van der Waals surface area contributed by atoms with Gasteiger partial charge in [0.15, 0.2) is 0 Å². The van der Waals surface area contributed by atoms with Crippen LogP contribution >= 0.6 is 0 Å². The van der Waals surface area contributed by atoms with E-state index in [2.05, 4.69) is 16.3 Å². The molecule has 0 aliphatic carbocycles. The molecule has 2 aliphatic rings. The number of carbonyl (C=O) groups excluding carboxylic acids is 1. The molecule has 2 saturated heterocycles. The van der Waals surface area contributed by atoms with Gasteiger partial charge in [-0.15, -0.1) is 0 Å². The quantitative estimate of drug-likeness (QED) is 0.611. The SMILES string of the molecule is O=C(Nc1ccccc1N1CCCC1)C1CCN(c2ccccc2[N+](=O)[O-])CC1. The Morgan fingerprint density at radius 1 is 0.897 bits per heavy atom. The van der Waals surface area contributed by atoms with Crippen LogP contribution in [0.15, 0.2) is 48.5 Å². The molecule has 0 atom stereocenters. The van der Waals surface area contributed by atoms with Crippen molar-refractivity contribution in [1.29, 1.82) is 0 Å². The average Bonchev–Trinajstić information content (AvgIpc) is 3.29. The highest BCUT2D eigenvalue weighted by Crippen LogP contribution is 2.33. The van der Waals surface area contributed by atoms with E-state index in [0.717, 1.165) is 24.5 Å². The zero-order chi connectivity index (χ0) is 20.2. The van der Waals surface area contributed by atoms with Gasteiger partial charge in [0.2, 0.25) is 5.91 Å². The van der Waals surface area contributed by atoms with E-state index in [9.17, 15) is 14.9 Å². The summed E-state index contributed by atoms with van der Waals surface area (Å²) in [4.78, 5) is 28.2. The molecule has 0 bridgehead atoms. The van der Waals surface area contributed by atoms with Crippen LogP contribution < -0.4 is 15.1 Å². The van der Waals surface area contributed by atoms with Crippen molar-refractivity contribution in [2.45, 2.75) is 25.7 Å². The summed E-state index contributed by atoms with van der Waals surface area (Å²) in [5, 5.41) is 14.4. The van der Waals surface area contributed by atoms with Crippen LogP contribution in [0.3, 0.4) is 0 Å². The number of nitrogens with one attached hydrogen (secondary N) is 1. The van der Waals surface area contributed by atoms with Gasteiger partial charge in [0.25, 0.3) is 5.69 Å². The van der Waals surface area contributed by atoms with Gasteiger partial charge in [-0.05, 0) is 43.9 Å². The summed E-state index contributed by atoms with van der Waals surface area (Å²) < 4.78 is 0. The number of hydrogen-bond acceptors (Lipinski definition) is 5. The van der Waals surface area contributed by atoms with Crippen LogP contribution in [-0.4, -0.2) is 37.0 Å². The lowest BCUT2D eigenvalue weighted by Crippen LogP contribution is -2.38. The highest BCUT2D eigenvalue weighted by molar-refractivity contribution is 5.96. The van der Waals surface area contributed by atoms with Gasteiger partial charge in [0, 0.05) is 38.2 Å². The fourth-order valence-electron chi connectivity index (χ4n) is 4.32. The van der Waals surface area contributed by atoms with Gasteiger partial charge in [-0.3, -0.25) is 14.9 Å². The van der Waals surface area contributed by atoms with Gasteiger partial charge in [0.05, 0.1) is 16.3 Å². The molecule has 0 saturated carbocycles. The van der Waals surface area contributed by atoms with Gasteiger partial charge >= 0.3 is 0 Å². The third-order valence-corrected chi connectivity index (χ3v) is 5.89. The first-order valence-electron chi connectivity index (χ1n) is 10.3. The second kappa shape index (κ2) is 8.51. The van der Waals surface area contributed by atoms with Gasteiger partial charge in [0.1, 0.15) is 5.69 Å². The molecule has 7 nitrogen and oxygen atoms in total. The summed E-state index contributed by atoms with van der Waals surface area (Å²) >= 11 is 0. The van der Waals surface area contributed by atoms with E-state index in [4.69, 9.17) is 0 Å². The van der Waals surface area contributed by atoms with E-state index in [0.29, 0.717) is 31.6 Å². The minimum Gasteiger partial charge on any atom is -0.370 e. The molecule has 0 spiro atoms. The number of rotatable bonds is 5. The molecule has 152 valence electrons. The predicted octanol–water partition coefficient (Wildman–Crippen LogP) is 4.05. The Morgan fingerprint density at radius 2 is 1.48 bits per heavy atom. The number of nitrogens with zero attached hydrogens (tertiary/aromatic N) is 3. The van der Waals surface area contributed by atoms with Crippen LogP contribution in [-0.2, 0) is 4.79 Å². The zero-order valence-electron chi connectivity index (χ0n) is 16.4.